The zero-order valence-electron chi connectivity index (χ0n) is 13.3. The maximum absolute atomic E-state index is 14.5. The van der Waals surface area contributed by atoms with Crippen molar-refractivity contribution >= 4 is 39.1 Å². The molecule has 12 heteroatoms. The molecule has 9 nitrogen and oxygen atoms in total. The van der Waals surface area contributed by atoms with Gasteiger partial charge < -0.3 is 10.1 Å². The summed E-state index contributed by atoms with van der Waals surface area (Å²) in [6.45, 7) is 3.68. The van der Waals surface area contributed by atoms with E-state index in [-0.39, 0.29) is 23.0 Å². The molecule has 2 aromatic heterocycles. The number of halogens is 2. The van der Waals surface area contributed by atoms with Gasteiger partial charge in [0.25, 0.3) is 0 Å². The zero-order valence-corrected chi connectivity index (χ0v) is 14.9. The van der Waals surface area contributed by atoms with Gasteiger partial charge in [-0.3, -0.25) is 4.31 Å². The number of sulfonamides is 1. The minimum Gasteiger partial charge on any atom is -0.475 e. The SMILES string of the molecule is CC(C)Oc1cc(Nc2nc(Cl)nc(N(C)S(C)(=O)=O)c2F)n[nH]1. The largest absolute Gasteiger partial charge is 0.475 e. The molecular weight excluding hydrogens is 363 g/mol. The molecule has 2 heterocycles. The number of ether oxygens (including phenoxy) is 1. The van der Waals surface area contributed by atoms with Crippen molar-refractivity contribution in [2.45, 2.75) is 20.0 Å². The van der Waals surface area contributed by atoms with Crippen LogP contribution in [0.15, 0.2) is 6.07 Å². The van der Waals surface area contributed by atoms with Crippen LogP contribution in [-0.4, -0.2) is 48.0 Å². The van der Waals surface area contributed by atoms with Crippen molar-refractivity contribution < 1.29 is 17.5 Å². The number of aromatic amines is 1. The van der Waals surface area contributed by atoms with Crippen LogP contribution in [-0.2, 0) is 10.0 Å². The van der Waals surface area contributed by atoms with Gasteiger partial charge in [0.15, 0.2) is 17.5 Å². The fourth-order valence-electron chi connectivity index (χ4n) is 1.66. The van der Waals surface area contributed by atoms with Gasteiger partial charge >= 0.3 is 0 Å². The van der Waals surface area contributed by atoms with Crippen LogP contribution < -0.4 is 14.4 Å². The van der Waals surface area contributed by atoms with Gasteiger partial charge in [0.05, 0.1) is 12.4 Å². The molecule has 2 aromatic rings. The first kappa shape index (κ1) is 18.2. The summed E-state index contributed by atoms with van der Waals surface area (Å²) in [7, 11) is -2.56. The van der Waals surface area contributed by atoms with E-state index < -0.39 is 21.7 Å². The van der Waals surface area contributed by atoms with Crippen molar-refractivity contribution in [3.63, 3.8) is 0 Å². The molecule has 0 atom stereocenters. The van der Waals surface area contributed by atoms with Crippen LogP contribution in [0.5, 0.6) is 5.88 Å². The molecule has 132 valence electrons. The van der Waals surface area contributed by atoms with Crippen molar-refractivity contribution in [1.82, 2.24) is 20.2 Å². The number of rotatable bonds is 6. The quantitative estimate of drug-likeness (QED) is 0.738. The number of anilines is 3. The maximum atomic E-state index is 14.5. The summed E-state index contributed by atoms with van der Waals surface area (Å²) in [5.41, 5.74) is 0. The number of aromatic nitrogens is 4. The van der Waals surface area contributed by atoms with Gasteiger partial charge in [-0.2, -0.15) is 19.5 Å². The van der Waals surface area contributed by atoms with E-state index in [0.29, 0.717) is 10.2 Å². The molecule has 2 N–H and O–H groups in total. The lowest BCUT2D eigenvalue weighted by atomic mass is 10.4. The Hall–Kier alpha value is -2.14. The molecule has 0 aromatic carbocycles. The van der Waals surface area contributed by atoms with E-state index in [2.05, 4.69) is 25.5 Å². The Kier molecular flexibility index (Phi) is 5.13. The third-order valence-corrected chi connectivity index (χ3v) is 4.10. The molecule has 0 spiro atoms. The first-order chi connectivity index (χ1) is 11.1. The van der Waals surface area contributed by atoms with Crippen LogP contribution in [0.3, 0.4) is 0 Å². The summed E-state index contributed by atoms with van der Waals surface area (Å²) in [4.78, 5) is 7.33. The second kappa shape index (κ2) is 6.77. The van der Waals surface area contributed by atoms with Gasteiger partial charge in [0, 0.05) is 13.1 Å². The average Bonchev–Trinajstić information content (AvgIpc) is 2.87. The van der Waals surface area contributed by atoms with E-state index >= 15 is 0 Å². The summed E-state index contributed by atoms with van der Waals surface area (Å²) in [5, 5.41) is 8.79. The lowest BCUT2D eigenvalue weighted by Gasteiger charge is -2.17. The first-order valence-corrected chi connectivity index (χ1v) is 8.96. The number of nitrogens with one attached hydrogen (secondary N) is 2. The molecule has 0 aliphatic rings. The van der Waals surface area contributed by atoms with Crippen LogP contribution in [0.2, 0.25) is 5.28 Å². The molecule has 0 saturated heterocycles. The predicted octanol–water partition coefficient (Wildman–Crippen LogP) is 1.92. The Bertz CT molecular complexity index is 841. The minimum atomic E-state index is -3.72. The predicted molar refractivity (Wildman–Crippen MR) is 87.9 cm³/mol. The molecule has 0 bridgehead atoms. The molecule has 0 unspecified atom stereocenters. The van der Waals surface area contributed by atoms with E-state index in [4.69, 9.17) is 16.3 Å². The summed E-state index contributed by atoms with van der Waals surface area (Å²) >= 11 is 5.75. The van der Waals surface area contributed by atoms with Crippen LogP contribution in [0.1, 0.15) is 13.8 Å². The second-order valence-electron chi connectivity index (χ2n) is 5.12. The molecule has 2 rings (SSSR count). The van der Waals surface area contributed by atoms with Crippen LogP contribution in [0.4, 0.5) is 21.8 Å². The summed E-state index contributed by atoms with van der Waals surface area (Å²) in [5.74, 6) is -1.19. The summed E-state index contributed by atoms with van der Waals surface area (Å²) in [6, 6.07) is 1.50. The van der Waals surface area contributed by atoms with Crippen LogP contribution >= 0.6 is 11.6 Å². The van der Waals surface area contributed by atoms with Gasteiger partial charge in [0.1, 0.15) is 0 Å². The molecule has 0 fully saturated rings. The highest BCUT2D eigenvalue weighted by Gasteiger charge is 2.23. The number of hydrogen-bond acceptors (Lipinski definition) is 7. The van der Waals surface area contributed by atoms with E-state index in [0.717, 1.165) is 13.3 Å². The van der Waals surface area contributed by atoms with Gasteiger partial charge in [-0.15, -0.1) is 0 Å². The van der Waals surface area contributed by atoms with Gasteiger partial charge in [-0.25, -0.2) is 13.5 Å². The fraction of sp³-hybridized carbons (Fsp3) is 0.417. The Balaban J connectivity index is 2.34. The topological polar surface area (TPSA) is 113 Å². The average molecular weight is 379 g/mol. The highest BCUT2D eigenvalue weighted by molar-refractivity contribution is 7.92. The lowest BCUT2D eigenvalue weighted by molar-refractivity contribution is 0.232. The lowest BCUT2D eigenvalue weighted by Crippen LogP contribution is -2.27. The Labute approximate surface area is 143 Å². The monoisotopic (exact) mass is 378 g/mol. The Morgan fingerprint density at radius 1 is 1.42 bits per heavy atom. The highest BCUT2D eigenvalue weighted by Crippen LogP contribution is 2.27. The minimum absolute atomic E-state index is 0.0708. The molecular formula is C12H16ClFN6O3S. The van der Waals surface area contributed by atoms with Crippen molar-refractivity contribution in [1.29, 1.82) is 0 Å². The number of H-pyrrole nitrogens is 1. The van der Waals surface area contributed by atoms with E-state index in [1.807, 2.05) is 13.8 Å². The maximum Gasteiger partial charge on any atom is 0.233 e. The molecule has 24 heavy (non-hydrogen) atoms. The van der Waals surface area contributed by atoms with Crippen molar-refractivity contribution in [3.8, 4) is 5.88 Å². The third-order valence-electron chi connectivity index (χ3n) is 2.77. The van der Waals surface area contributed by atoms with E-state index in [1.54, 1.807) is 0 Å². The van der Waals surface area contributed by atoms with E-state index in [9.17, 15) is 12.8 Å². The normalized spacial score (nSPS) is 11.6. The van der Waals surface area contributed by atoms with Crippen LogP contribution in [0.25, 0.3) is 0 Å². The van der Waals surface area contributed by atoms with Gasteiger partial charge in [-0.05, 0) is 25.4 Å². The second-order valence-corrected chi connectivity index (χ2v) is 7.47. The van der Waals surface area contributed by atoms with Crippen molar-refractivity contribution in [2.24, 2.45) is 0 Å². The standard InChI is InChI=1S/C12H16ClFN6O3S/c1-6(2)23-8-5-7(18-19-8)15-10-9(14)11(17-12(13)16-10)20(3)24(4,21)22/h5-6H,1-4H3,(H2,15,16,17,18,19). The van der Waals surface area contributed by atoms with Gasteiger partial charge in [-0.1, -0.05) is 0 Å². The Morgan fingerprint density at radius 2 is 2.08 bits per heavy atom. The Morgan fingerprint density at radius 3 is 2.67 bits per heavy atom. The highest BCUT2D eigenvalue weighted by atomic mass is 35.5. The smallest absolute Gasteiger partial charge is 0.233 e. The van der Waals surface area contributed by atoms with E-state index in [1.165, 1.54) is 6.07 Å². The van der Waals surface area contributed by atoms with Gasteiger partial charge in [0.2, 0.25) is 27.0 Å². The fourth-order valence-corrected chi connectivity index (χ4v) is 2.26. The molecule has 0 radical (unpaired) electrons. The zero-order chi connectivity index (χ0) is 18.1. The summed E-state index contributed by atoms with van der Waals surface area (Å²) in [6.07, 6.45) is 0.845. The molecule has 0 amide bonds. The third kappa shape index (κ3) is 4.23. The molecule has 0 aliphatic heterocycles. The summed E-state index contributed by atoms with van der Waals surface area (Å²) < 4.78 is 43.7. The van der Waals surface area contributed by atoms with Crippen molar-refractivity contribution in [2.75, 3.05) is 22.9 Å². The molecule has 0 aliphatic carbocycles. The molecule has 0 saturated carbocycles. The first-order valence-electron chi connectivity index (χ1n) is 6.74. The number of hydrogen-bond donors (Lipinski definition) is 2. The number of nitrogens with zero attached hydrogens (tertiary/aromatic N) is 4. The van der Waals surface area contributed by atoms with Crippen LogP contribution in [0, 0.1) is 5.82 Å². The van der Waals surface area contributed by atoms with Crippen molar-refractivity contribution in [3.05, 3.63) is 17.2 Å².